The van der Waals surface area contributed by atoms with E-state index in [0.717, 1.165) is 13.0 Å². The minimum Gasteiger partial charge on any atom is -0.377 e. The second-order valence-electron chi connectivity index (χ2n) is 3.14. The van der Waals surface area contributed by atoms with Gasteiger partial charge >= 0.3 is 0 Å². The maximum Gasteiger partial charge on any atom is 0.178 e. The van der Waals surface area contributed by atoms with Crippen molar-refractivity contribution in [1.82, 2.24) is 0 Å². The standard InChI is InChI=1S/C10H13N3S/c1-14-10(11)12-13-7-6-8-4-2-3-5-9(8)13/h2-5H,6-7H2,1H3,(H2,11,12). The lowest BCUT2D eigenvalue weighted by atomic mass is 10.2. The van der Waals surface area contributed by atoms with E-state index in [2.05, 4.69) is 23.3 Å². The fraction of sp³-hybridized carbons (Fsp3) is 0.300. The van der Waals surface area contributed by atoms with Crippen LogP contribution in [0.25, 0.3) is 0 Å². The summed E-state index contributed by atoms with van der Waals surface area (Å²) >= 11 is 1.47. The Morgan fingerprint density at radius 2 is 2.29 bits per heavy atom. The second kappa shape index (κ2) is 3.92. The van der Waals surface area contributed by atoms with Gasteiger partial charge in [0, 0.05) is 6.54 Å². The van der Waals surface area contributed by atoms with Crippen molar-refractivity contribution in [2.24, 2.45) is 10.8 Å². The molecule has 3 nitrogen and oxygen atoms in total. The van der Waals surface area contributed by atoms with E-state index >= 15 is 0 Å². The van der Waals surface area contributed by atoms with Gasteiger partial charge in [0.25, 0.3) is 0 Å². The summed E-state index contributed by atoms with van der Waals surface area (Å²) in [6.07, 6.45) is 2.99. The Hall–Kier alpha value is -1.16. The minimum absolute atomic E-state index is 0.613. The first-order valence-corrected chi connectivity index (χ1v) is 5.77. The van der Waals surface area contributed by atoms with E-state index in [1.54, 1.807) is 0 Å². The molecule has 0 fully saturated rings. The smallest absolute Gasteiger partial charge is 0.178 e. The van der Waals surface area contributed by atoms with Gasteiger partial charge in [-0.1, -0.05) is 30.0 Å². The van der Waals surface area contributed by atoms with Gasteiger partial charge in [-0.3, -0.25) is 5.01 Å². The minimum atomic E-state index is 0.613. The topological polar surface area (TPSA) is 41.6 Å². The molecule has 4 heteroatoms. The SMILES string of the molecule is CS/C(N)=N\N1CCc2ccccc21. The monoisotopic (exact) mass is 207 g/mol. The zero-order chi connectivity index (χ0) is 9.97. The normalized spacial score (nSPS) is 15.8. The molecule has 0 saturated heterocycles. The molecule has 0 bridgehead atoms. The molecule has 0 aromatic heterocycles. The maximum atomic E-state index is 5.68. The highest BCUT2D eigenvalue weighted by Crippen LogP contribution is 2.27. The zero-order valence-corrected chi connectivity index (χ0v) is 8.92. The lowest BCUT2D eigenvalue weighted by Crippen LogP contribution is -2.18. The average Bonchev–Trinajstić information content (AvgIpc) is 2.62. The van der Waals surface area contributed by atoms with E-state index in [1.165, 1.54) is 23.0 Å². The van der Waals surface area contributed by atoms with E-state index in [4.69, 9.17) is 5.73 Å². The van der Waals surface area contributed by atoms with E-state index in [1.807, 2.05) is 17.3 Å². The van der Waals surface area contributed by atoms with Gasteiger partial charge in [0.05, 0.1) is 5.69 Å². The number of benzene rings is 1. The zero-order valence-electron chi connectivity index (χ0n) is 8.10. The Kier molecular flexibility index (Phi) is 2.63. The van der Waals surface area contributed by atoms with Crippen LogP contribution in [0, 0.1) is 0 Å². The maximum absolute atomic E-state index is 5.68. The van der Waals surface area contributed by atoms with Crippen LogP contribution >= 0.6 is 11.8 Å². The number of hydrazone groups is 1. The number of nitrogens with zero attached hydrogens (tertiary/aromatic N) is 2. The van der Waals surface area contributed by atoms with Gasteiger partial charge in [-0.25, -0.2) is 0 Å². The van der Waals surface area contributed by atoms with E-state index in [0.29, 0.717) is 5.17 Å². The quantitative estimate of drug-likeness (QED) is 0.562. The Balaban J connectivity index is 2.26. The Morgan fingerprint density at radius 1 is 1.50 bits per heavy atom. The number of anilines is 1. The fourth-order valence-corrected chi connectivity index (χ4v) is 1.76. The van der Waals surface area contributed by atoms with Crippen LogP contribution in [0.4, 0.5) is 5.69 Å². The van der Waals surface area contributed by atoms with Crippen molar-refractivity contribution >= 4 is 22.6 Å². The summed E-state index contributed by atoms with van der Waals surface area (Å²) < 4.78 is 0. The van der Waals surface area contributed by atoms with Crippen molar-refractivity contribution in [3.63, 3.8) is 0 Å². The van der Waals surface area contributed by atoms with Crippen molar-refractivity contribution in [3.8, 4) is 0 Å². The summed E-state index contributed by atoms with van der Waals surface area (Å²) in [5.41, 5.74) is 8.22. The number of amidine groups is 1. The van der Waals surface area contributed by atoms with Crippen LogP contribution in [0.5, 0.6) is 0 Å². The van der Waals surface area contributed by atoms with Crippen LogP contribution < -0.4 is 10.7 Å². The molecule has 0 atom stereocenters. The highest BCUT2D eigenvalue weighted by atomic mass is 32.2. The largest absolute Gasteiger partial charge is 0.377 e. The molecule has 1 aliphatic heterocycles. The van der Waals surface area contributed by atoms with Crippen LogP contribution in [0.3, 0.4) is 0 Å². The predicted molar refractivity (Wildman–Crippen MR) is 62.6 cm³/mol. The van der Waals surface area contributed by atoms with Gasteiger partial charge in [0.15, 0.2) is 5.17 Å². The Morgan fingerprint density at radius 3 is 3.07 bits per heavy atom. The van der Waals surface area contributed by atoms with Gasteiger partial charge in [-0.2, -0.15) is 0 Å². The van der Waals surface area contributed by atoms with Crippen molar-refractivity contribution < 1.29 is 0 Å². The molecule has 74 valence electrons. The summed E-state index contributed by atoms with van der Waals surface area (Å²) in [4.78, 5) is 0. The molecule has 1 aromatic rings. The van der Waals surface area contributed by atoms with Crippen LogP contribution in [0.2, 0.25) is 0 Å². The van der Waals surface area contributed by atoms with Gasteiger partial charge in [0.1, 0.15) is 0 Å². The molecule has 2 N–H and O–H groups in total. The summed E-state index contributed by atoms with van der Waals surface area (Å²) in [5, 5.41) is 6.91. The van der Waals surface area contributed by atoms with Crippen molar-refractivity contribution in [1.29, 1.82) is 0 Å². The number of para-hydroxylation sites is 1. The third-order valence-corrected chi connectivity index (χ3v) is 2.79. The number of fused-ring (bicyclic) bond motifs is 1. The van der Waals surface area contributed by atoms with Gasteiger partial charge < -0.3 is 5.73 Å². The van der Waals surface area contributed by atoms with Crippen molar-refractivity contribution in [3.05, 3.63) is 29.8 Å². The third kappa shape index (κ3) is 1.70. The molecule has 0 radical (unpaired) electrons. The number of thioether (sulfide) groups is 1. The molecule has 1 aromatic carbocycles. The first kappa shape index (κ1) is 9.40. The Bertz CT molecular complexity index is 362. The summed E-state index contributed by atoms with van der Waals surface area (Å²) in [7, 11) is 0. The van der Waals surface area contributed by atoms with Crippen molar-refractivity contribution in [2.75, 3.05) is 17.8 Å². The second-order valence-corrected chi connectivity index (χ2v) is 3.97. The number of rotatable bonds is 1. The van der Waals surface area contributed by atoms with Crippen LogP contribution in [-0.2, 0) is 6.42 Å². The number of nitrogens with two attached hydrogens (primary N) is 1. The highest BCUT2D eigenvalue weighted by molar-refractivity contribution is 8.13. The summed E-state index contributed by atoms with van der Waals surface area (Å²) in [6, 6.07) is 8.31. The molecule has 1 aliphatic rings. The molecule has 0 amide bonds. The molecule has 0 spiro atoms. The molecular formula is C10H13N3S. The van der Waals surface area contributed by atoms with E-state index in [-0.39, 0.29) is 0 Å². The van der Waals surface area contributed by atoms with Gasteiger partial charge in [0.2, 0.25) is 0 Å². The van der Waals surface area contributed by atoms with Crippen molar-refractivity contribution in [2.45, 2.75) is 6.42 Å². The molecular weight excluding hydrogens is 194 g/mol. The van der Waals surface area contributed by atoms with Crippen LogP contribution in [-0.4, -0.2) is 18.0 Å². The average molecular weight is 207 g/mol. The van der Waals surface area contributed by atoms with E-state index in [9.17, 15) is 0 Å². The van der Waals surface area contributed by atoms with Gasteiger partial charge in [-0.15, -0.1) is 5.10 Å². The summed E-state index contributed by atoms with van der Waals surface area (Å²) in [6.45, 7) is 0.931. The predicted octanol–water partition coefficient (Wildman–Crippen LogP) is 1.64. The fourth-order valence-electron chi connectivity index (χ4n) is 1.58. The lowest BCUT2D eigenvalue weighted by Gasteiger charge is -2.12. The lowest BCUT2D eigenvalue weighted by molar-refractivity contribution is 0.893. The van der Waals surface area contributed by atoms with E-state index < -0.39 is 0 Å². The first-order valence-electron chi connectivity index (χ1n) is 4.55. The number of hydrogen-bond donors (Lipinski definition) is 1. The molecule has 0 saturated carbocycles. The summed E-state index contributed by atoms with van der Waals surface area (Å²) in [5.74, 6) is 0. The van der Waals surface area contributed by atoms with Gasteiger partial charge in [-0.05, 0) is 24.3 Å². The third-order valence-electron chi connectivity index (χ3n) is 2.29. The first-order chi connectivity index (χ1) is 6.81. The van der Waals surface area contributed by atoms with Crippen LogP contribution in [0.1, 0.15) is 5.56 Å². The highest BCUT2D eigenvalue weighted by Gasteiger charge is 2.17. The molecule has 14 heavy (non-hydrogen) atoms. The van der Waals surface area contributed by atoms with Crippen LogP contribution in [0.15, 0.2) is 29.4 Å². The molecule has 2 rings (SSSR count). The molecule has 0 unspecified atom stereocenters. The molecule has 1 heterocycles. The molecule has 0 aliphatic carbocycles. The number of hydrogen-bond acceptors (Lipinski definition) is 3. The Labute approximate surface area is 88.0 Å².